The first-order chi connectivity index (χ1) is 9.60. The molecular weight excluding hydrogens is 299 g/mol. The molecule has 2 rings (SSSR count). The van der Waals surface area contributed by atoms with Crippen LogP contribution < -0.4 is 11.1 Å². The van der Waals surface area contributed by atoms with Gasteiger partial charge in [0.15, 0.2) is 0 Å². The summed E-state index contributed by atoms with van der Waals surface area (Å²) in [6, 6.07) is 5.52. The molecule has 0 aromatic heterocycles. The first-order valence-electron chi connectivity index (χ1n) is 6.67. The molecule has 4 N–H and O–H groups in total. The van der Waals surface area contributed by atoms with Crippen molar-refractivity contribution in [2.75, 3.05) is 13.1 Å². The fourth-order valence-corrected chi connectivity index (χ4v) is 2.19. The molecule has 0 bridgehead atoms. The average molecular weight is 319 g/mol. The van der Waals surface area contributed by atoms with Crippen molar-refractivity contribution in [1.29, 1.82) is 0 Å². The minimum atomic E-state index is -0.869. The van der Waals surface area contributed by atoms with E-state index in [1.807, 2.05) is 0 Å². The van der Waals surface area contributed by atoms with Gasteiger partial charge in [-0.1, -0.05) is 12.1 Å². The summed E-state index contributed by atoms with van der Waals surface area (Å²) in [4.78, 5) is 11.8. The Morgan fingerprint density at radius 1 is 1.43 bits per heavy atom. The van der Waals surface area contributed by atoms with Gasteiger partial charge in [-0.05, 0) is 30.5 Å². The van der Waals surface area contributed by atoms with Crippen molar-refractivity contribution in [2.24, 2.45) is 5.73 Å². The van der Waals surface area contributed by atoms with E-state index in [4.69, 9.17) is 10.5 Å². The van der Waals surface area contributed by atoms with Crippen molar-refractivity contribution in [1.82, 2.24) is 5.32 Å². The van der Waals surface area contributed by atoms with Crippen LogP contribution in [0.15, 0.2) is 24.3 Å². The van der Waals surface area contributed by atoms with Crippen LogP contribution in [0.4, 0.5) is 4.39 Å². The standard InChI is InChI=1S/C14H19FN2O3.ClH/c15-10-3-1-9(2-4-10)12(18)8-17-14(19)13-6-5-11(7-16)20-13;/h1-4,11-13,18H,5-8,16H2,(H,17,19);1H/t11-,12?,13+;/m1./s1. The van der Waals surface area contributed by atoms with Gasteiger partial charge < -0.3 is 20.9 Å². The highest BCUT2D eigenvalue weighted by molar-refractivity contribution is 5.85. The number of benzene rings is 1. The number of carbonyl (C=O) groups excluding carboxylic acids is 1. The minimum absolute atomic E-state index is 0. The normalized spacial score (nSPS) is 22.4. The molecule has 1 aromatic rings. The molecule has 0 spiro atoms. The van der Waals surface area contributed by atoms with E-state index in [-0.39, 0.29) is 36.8 Å². The Balaban J connectivity index is 0.00000220. The number of carbonyl (C=O) groups is 1. The molecule has 1 saturated heterocycles. The lowest BCUT2D eigenvalue weighted by molar-refractivity contribution is -0.132. The van der Waals surface area contributed by atoms with E-state index in [1.165, 1.54) is 24.3 Å². The van der Waals surface area contributed by atoms with Crippen molar-refractivity contribution in [2.45, 2.75) is 31.2 Å². The van der Waals surface area contributed by atoms with Gasteiger partial charge in [0.1, 0.15) is 11.9 Å². The van der Waals surface area contributed by atoms with E-state index in [0.717, 1.165) is 6.42 Å². The predicted octanol–water partition coefficient (Wildman–Crippen LogP) is 0.903. The average Bonchev–Trinajstić information content (AvgIpc) is 2.94. The Bertz CT molecular complexity index is 458. The Labute approximate surface area is 129 Å². The summed E-state index contributed by atoms with van der Waals surface area (Å²) in [5.41, 5.74) is 6.03. The van der Waals surface area contributed by atoms with Crippen LogP contribution in [-0.4, -0.2) is 36.3 Å². The molecule has 1 fully saturated rings. The molecular formula is C14H20ClFN2O3. The number of amides is 1. The summed E-state index contributed by atoms with van der Waals surface area (Å²) >= 11 is 0. The maximum atomic E-state index is 12.8. The van der Waals surface area contributed by atoms with E-state index >= 15 is 0 Å². The monoisotopic (exact) mass is 318 g/mol. The molecule has 118 valence electrons. The van der Waals surface area contributed by atoms with Crippen LogP contribution in [0.2, 0.25) is 0 Å². The zero-order valence-electron chi connectivity index (χ0n) is 11.5. The Morgan fingerprint density at radius 3 is 2.67 bits per heavy atom. The molecule has 5 nitrogen and oxygen atoms in total. The maximum Gasteiger partial charge on any atom is 0.249 e. The van der Waals surface area contributed by atoms with Gasteiger partial charge in [-0.25, -0.2) is 4.39 Å². The predicted molar refractivity (Wildman–Crippen MR) is 78.6 cm³/mol. The van der Waals surface area contributed by atoms with Gasteiger partial charge in [-0.2, -0.15) is 0 Å². The fraction of sp³-hybridized carbons (Fsp3) is 0.500. The third-order valence-corrected chi connectivity index (χ3v) is 3.39. The molecule has 21 heavy (non-hydrogen) atoms. The number of nitrogens with one attached hydrogen (secondary N) is 1. The maximum absolute atomic E-state index is 12.8. The van der Waals surface area contributed by atoms with Crippen molar-refractivity contribution >= 4 is 18.3 Å². The molecule has 1 heterocycles. The van der Waals surface area contributed by atoms with Crippen molar-refractivity contribution < 1.29 is 19.0 Å². The summed E-state index contributed by atoms with van der Waals surface area (Å²) in [6.07, 6.45) is -0.0156. The number of ether oxygens (including phenoxy) is 1. The molecule has 1 amide bonds. The third-order valence-electron chi connectivity index (χ3n) is 3.39. The smallest absolute Gasteiger partial charge is 0.249 e. The number of rotatable bonds is 5. The molecule has 0 aliphatic carbocycles. The molecule has 0 radical (unpaired) electrons. The summed E-state index contributed by atoms with van der Waals surface area (Å²) in [5.74, 6) is -0.612. The summed E-state index contributed by atoms with van der Waals surface area (Å²) < 4.78 is 18.2. The second-order valence-corrected chi connectivity index (χ2v) is 4.87. The topological polar surface area (TPSA) is 84.6 Å². The SMILES string of the molecule is Cl.NC[C@H]1CC[C@@H](C(=O)NCC(O)c2ccc(F)cc2)O1. The van der Waals surface area contributed by atoms with Crippen LogP contribution in [0.25, 0.3) is 0 Å². The molecule has 3 atom stereocenters. The van der Waals surface area contributed by atoms with Crippen molar-refractivity contribution in [3.05, 3.63) is 35.6 Å². The van der Waals surface area contributed by atoms with Crippen LogP contribution in [0.3, 0.4) is 0 Å². The zero-order chi connectivity index (χ0) is 14.5. The molecule has 1 aromatic carbocycles. The van der Waals surface area contributed by atoms with Crippen molar-refractivity contribution in [3.8, 4) is 0 Å². The highest BCUT2D eigenvalue weighted by Gasteiger charge is 2.29. The number of aliphatic hydroxyl groups excluding tert-OH is 1. The first-order valence-corrected chi connectivity index (χ1v) is 6.67. The van der Waals surface area contributed by atoms with E-state index in [9.17, 15) is 14.3 Å². The van der Waals surface area contributed by atoms with E-state index < -0.39 is 12.2 Å². The largest absolute Gasteiger partial charge is 0.387 e. The van der Waals surface area contributed by atoms with Gasteiger partial charge in [0, 0.05) is 13.1 Å². The van der Waals surface area contributed by atoms with Gasteiger partial charge in [-0.15, -0.1) is 12.4 Å². The molecule has 7 heteroatoms. The highest BCUT2D eigenvalue weighted by Crippen LogP contribution is 2.19. The third kappa shape index (κ3) is 4.93. The number of aliphatic hydroxyl groups is 1. The lowest BCUT2D eigenvalue weighted by atomic mass is 10.1. The Hall–Kier alpha value is -1.21. The quantitative estimate of drug-likeness (QED) is 0.753. The van der Waals surface area contributed by atoms with Gasteiger partial charge in [0.05, 0.1) is 12.2 Å². The fourth-order valence-electron chi connectivity index (χ4n) is 2.19. The van der Waals surface area contributed by atoms with E-state index in [2.05, 4.69) is 5.32 Å². The van der Waals surface area contributed by atoms with E-state index in [1.54, 1.807) is 0 Å². The Morgan fingerprint density at radius 2 is 2.10 bits per heavy atom. The molecule has 0 saturated carbocycles. The van der Waals surface area contributed by atoms with Gasteiger partial charge in [0.2, 0.25) is 5.91 Å². The minimum Gasteiger partial charge on any atom is -0.387 e. The summed E-state index contributed by atoms with van der Waals surface area (Å²) in [6.45, 7) is 0.472. The van der Waals surface area contributed by atoms with Crippen LogP contribution in [0.5, 0.6) is 0 Å². The Kier molecular flexibility index (Phi) is 7.04. The second-order valence-electron chi connectivity index (χ2n) is 4.87. The second kappa shape index (κ2) is 8.29. The summed E-state index contributed by atoms with van der Waals surface area (Å²) in [7, 11) is 0. The van der Waals surface area contributed by atoms with Crippen LogP contribution >= 0.6 is 12.4 Å². The number of hydrogen-bond acceptors (Lipinski definition) is 4. The number of nitrogens with two attached hydrogens (primary N) is 1. The van der Waals surface area contributed by atoms with Crippen molar-refractivity contribution in [3.63, 3.8) is 0 Å². The number of halogens is 2. The number of hydrogen-bond donors (Lipinski definition) is 3. The van der Waals surface area contributed by atoms with Gasteiger partial charge in [-0.3, -0.25) is 4.79 Å². The molecule has 1 unspecified atom stereocenters. The lowest BCUT2D eigenvalue weighted by Crippen LogP contribution is -2.37. The van der Waals surface area contributed by atoms with Crippen LogP contribution in [0, 0.1) is 5.82 Å². The van der Waals surface area contributed by atoms with E-state index in [0.29, 0.717) is 18.5 Å². The van der Waals surface area contributed by atoms with Gasteiger partial charge >= 0.3 is 0 Å². The molecule has 1 aliphatic heterocycles. The highest BCUT2D eigenvalue weighted by atomic mass is 35.5. The first kappa shape index (κ1) is 17.8. The zero-order valence-corrected chi connectivity index (χ0v) is 12.3. The lowest BCUT2D eigenvalue weighted by Gasteiger charge is -2.15. The van der Waals surface area contributed by atoms with Crippen LogP contribution in [0.1, 0.15) is 24.5 Å². The summed E-state index contributed by atoms with van der Waals surface area (Å²) in [5, 5.41) is 12.5. The molecule has 1 aliphatic rings. The van der Waals surface area contributed by atoms with Gasteiger partial charge in [0.25, 0.3) is 0 Å². The van der Waals surface area contributed by atoms with Crippen LogP contribution in [-0.2, 0) is 9.53 Å².